The number of rotatable bonds is 5. The van der Waals surface area contributed by atoms with Gasteiger partial charge in [0, 0.05) is 23.0 Å². The van der Waals surface area contributed by atoms with Gasteiger partial charge < -0.3 is 10.1 Å². The Balaban J connectivity index is 1.69. The van der Waals surface area contributed by atoms with Crippen molar-refractivity contribution in [2.75, 3.05) is 11.9 Å². The number of carbonyl (C=O) groups is 2. The monoisotopic (exact) mass is 380 g/mol. The zero-order chi connectivity index (χ0) is 19.2. The van der Waals surface area contributed by atoms with E-state index in [1.54, 1.807) is 73.8 Å². The normalized spacial score (nSPS) is 10.3. The molecule has 1 amide bonds. The Morgan fingerprint density at radius 1 is 1.00 bits per heavy atom. The zero-order valence-corrected chi connectivity index (χ0v) is 15.4. The fourth-order valence-corrected chi connectivity index (χ4v) is 2.72. The van der Waals surface area contributed by atoms with Crippen LogP contribution in [-0.4, -0.2) is 23.5 Å². The largest absolute Gasteiger partial charge is 0.462 e. The van der Waals surface area contributed by atoms with Gasteiger partial charge in [0.2, 0.25) is 0 Å². The minimum atomic E-state index is -0.390. The molecule has 0 atom stereocenters. The average Bonchev–Trinajstić information content (AvgIpc) is 2.69. The summed E-state index contributed by atoms with van der Waals surface area (Å²) in [6, 6.07) is 17.1. The first-order valence-electron chi connectivity index (χ1n) is 8.38. The minimum absolute atomic E-state index is 0.252. The molecule has 0 aliphatic carbocycles. The molecule has 0 spiro atoms. The lowest BCUT2D eigenvalue weighted by atomic mass is 10.1. The van der Waals surface area contributed by atoms with Crippen molar-refractivity contribution in [1.82, 2.24) is 4.98 Å². The molecule has 0 fully saturated rings. The van der Waals surface area contributed by atoms with Crippen LogP contribution in [0.4, 0.5) is 5.69 Å². The number of pyridine rings is 1. The molecule has 6 heteroatoms. The molecule has 136 valence electrons. The van der Waals surface area contributed by atoms with E-state index in [1.807, 2.05) is 0 Å². The molecule has 0 radical (unpaired) electrons. The molecule has 1 N–H and O–H groups in total. The number of halogens is 1. The summed E-state index contributed by atoms with van der Waals surface area (Å²) < 4.78 is 4.93. The maximum Gasteiger partial charge on any atom is 0.338 e. The standard InChI is InChI=1S/C21H17ClN2O3/c1-2-27-21(26)16-9-11-17(12-10-16)24-20(25)15-7-5-14(6-8-15)19-18(22)4-3-13-23-19/h3-13H,2H2,1H3,(H,24,25). The quantitative estimate of drug-likeness (QED) is 0.643. The van der Waals surface area contributed by atoms with Crippen LogP contribution in [0.15, 0.2) is 66.9 Å². The van der Waals surface area contributed by atoms with Gasteiger partial charge in [-0.15, -0.1) is 0 Å². The summed E-state index contributed by atoms with van der Waals surface area (Å²) in [5.74, 6) is -0.642. The number of aromatic nitrogens is 1. The first-order chi connectivity index (χ1) is 13.1. The van der Waals surface area contributed by atoms with Crippen LogP contribution in [-0.2, 0) is 4.74 Å². The molecule has 0 saturated carbocycles. The van der Waals surface area contributed by atoms with E-state index in [2.05, 4.69) is 10.3 Å². The van der Waals surface area contributed by atoms with Crippen LogP contribution < -0.4 is 5.32 Å². The Morgan fingerprint density at radius 2 is 1.67 bits per heavy atom. The summed E-state index contributed by atoms with van der Waals surface area (Å²) in [5.41, 5.74) is 3.02. The highest BCUT2D eigenvalue weighted by Crippen LogP contribution is 2.25. The van der Waals surface area contributed by atoms with E-state index < -0.39 is 0 Å². The van der Waals surface area contributed by atoms with E-state index in [-0.39, 0.29) is 11.9 Å². The third kappa shape index (κ3) is 4.51. The van der Waals surface area contributed by atoms with Crippen LogP contribution >= 0.6 is 11.6 Å². The van der Waals surface area contributed by atoms with Crippen molar-refractivity contribution in [3.8, 4) is 11.3 Å². The first-order valence-corrected chi connectivity index (χ1v) is 8.75. The second-order valence-corrected chi connectivity index (χ2v) is 6.07. The van der Waals surface area contributed by atoms with Crippen molar-refractivity contribution < 1.29 is 14.3 Å². The molecule has 3 aromatic rings. The van der Waals surface area contributed by atoms with Crippen LogP contribution in [0, 0.1) is 0 Å². The fourth-order valence-electron chi connectivity index (χ4n) is 2.48. The summed E-state index contributed by atoms with van der Waals surface area (Å²) in [7, 11) is 0. The number of benzene rings is 2. The maximum atomic E-state index is 12.4. The number of carbonyl (C=O) groups excluding carboxylic acids is 2. The van der Waals surface area contributed by atoms with Crippen LogP contribution in [0.5, 0.6) is 0 Å². The molecule has 0 aliphatic heterocycles. The second-order valence-electron chi connectivity index (χ2n) is 5.66. The SMILES string of the molecule is CCOC(=O)c1ccc(NC(=O)c2ccc(-c3ncccc3Cl)cc2)cc1. The van der Waals surface area contributed by atoms with Gasteiger partial charge in [-0.05, 0) is 55.5 Å². The molecule has 0 aliphatic rings. The molecule has 3 rings (SSSR count). The zero-order valence-electron chi connectivity index (χ0n) is 14.6. The smallest absolute Gasteiger partial charge is 0.338 e. The predicted octanol–water partition coefficient (Wildman–Crippen LogP) is 4.83. The number of anilines is 1. The molecule has 1 aromatic heterocycles. The van der Waals surface area contributed by atoms with Crippen molar-refractivity contribution in [3.05, 3.63) is 83.0 Å². The van der Waals surface area contributed by atoms with Gasteiger partial charge >= 0.3 is 5.97 Å². The number of hydrogen-bond donors (Lipinski definition) is 1. The number of amides is 1. The van der Waals surface area contributed by atoms with Gasteiger partial charge in [0.15, 0.2) is 0 Å². The molecular weight excluding hydrogens is 364 g/mol. The summed E-state index contributed by atoms with van der Waals surface area (Å²) in [5, 5.41) is 3.35. The van der Waals surface area contributed by atoms with Crippen molar-refractivity contribution >= 4 is 29.2 Å². The van der Waals surface area contributed by atoms with Crippen molar-refractivity contribution in [3.63, 3.8) is 0 Å². The molecule has 0 unspecified atom stereocenters. The summed E-state index contributed by atoms with van der Waals surface area (Å²) >= 11 is 6.15. The Morgan fingerprint density at radius 3 is 2.30 bits per heavy atom. The third-order valence-electron chi connectivity index (χ3n) is 3.83. The average molecular weight is 381 g/mol. The lowest BCUT2D eigenvalue weighted by Gasteiger charge is -2.08. The van der Waals surface area contributed by atoms with E-state index in [0.717, 1.165) is 5.56 Å². The van der Waals surface area contributed by atoms with Gasteiger partial charge in [-0.2, -0.15) is 0 Å². The lowest BCUT2D eigenvalue weighted by Crippen LogP contribution is -2.12. The van der Waals surface area contributed by atoms with E-state index >= 15 is 0 Å². The Hall–Kier alpha value is -3.18. The predicted molar refractivity (Wildman–Crippen MR) is 105 cm³/mol. The van der Waals surface area contributed by atoms with Gasteiger partial charge in [0.1, 0.15) is 0 Å². The highest BCUT2D eigenvalue weighted by molar-refractivity contribution is 6.33. The highest BCUT2D eigenvalue weighted by atomic mass is 35.5. The number of esters is 1. The van der Waals surface area contributed by atoms with Crippen molar-refractivity contribution in [2.45, 2.75) is 6.92 Å². The molecule has 0 bridgehead atoms. The van der Waals surface area contributed by atoms with Gasteiger partial charge in [-0.3, -0.25) is 9.78 Å². The lowest BCUT2D eigenvalue weighted by molar-refractivity contribution is 0.0526. The van der Waals surface area contributed by atoms with Crippen LogP contribution in [0.2, 0.25) is 5.02 Å². The van der Waals surface area contributed by atoms with Gasteiger partial charge in [0.05, 0.1) is 22.9 Å². The molecule has 0 saturated heterocycles. The van der Waals surface area contributed by atoms with Gasteiger partial charge in [-0.1, -0.05) is 23.7 Å². The summed E-state index contributed by atoms with van der Waals surface area (Å²) in [6.45, 7) is 2.07. The van der Waals surface area contributed by atoms with Crippen molar-refractivity contribution in [2.24, 2.45) is 0 Å². The molecule has 1 heterocycles. The highest BCUT2D eigenvalue weighted by Gasteiger charge is 2.10. The molecule has 5 nitrogen and oxygen atoms in total. The summed E-state index contributed by atoms with van der Waals surface area (Å²) in [4.78, 5) is 28.3. The maximum absolute atomic E-state index is 12.4. The van der Waals surface area contributed by atoms with Gasteiger partial charge in [-0.25, -0.2) is 4.79 Å². The fraction of sp³-hybridized carbons (Fsp3) is 0.0952. The summed E-state index contributed by atoms with van der Waals surface area (Å²) in [6.07, 6.45) is 1.67. The Labute approximate surface area is 162 Å². The van der Waals surface area contributed by atoms with E-state index in [1.165, 1.54) is 0 Å². The molecule has 27 heavy (non-hydrogen) atoms. The number of hydrogen-bond acceptors (Lipinski definition) is 4. The van der Waals surface area contributed by atoms with Crippen LogP contribution in [0.25, 0.3) is 11.3 Å². The Kier molecular flexibility index (Phi) is 5.84. The number of nitrogens with one attached hydrogen (secondary N) is 1. The number of nitrogens with zero attached hydrogens (tertiary/aromatic N) is 1. The minimum Gasteiger partial charge on any atom is -0.462 e. The molecule has 2 aromatic carbocycles. The topological polar surface area (TPSA) is 68.3 Å². The van der Waals surface area contributed by atoms with E-state index in [9.17, 15) is 9.59 Å². The second kappa shape index (κ2) is 8.47. The van der Waals surface area contributed by atoms with E-state index in [4.69, 9.17) is 16.3 Å². The van der Waals surface area contributed by atoms with Crippen LogP contribution in [0.3, 0.4) is 0 Å². The Bertz CT molecular complexity index is 954. The van der Waals surface area contributed by atoms with Crippen LogP contribution in [0.1, 0.15) is 27.6 Å². The van der Waals surface area contributed by atoms with Crippen molar-refractivity contribution in [1.29, 1.82) is 0 Å². The number of ether oxygens (including phenoxy) is 1. The molecular formula is C21H17ClN2O3. The van der Waals surface area contributed by atoms with Gasteiger partial charge in [0.25, 0.3) is 5.91 Å². The van der Waals surface area contributed by atoms with E-state index in [0.29, 0.717) is 34.1 Å². The third-order valence-corrected chi connectivity index (χ3v) is 4.14. The first kappa shape index (κ1) is 18.6.